The molecule has 0 saturated carbocycles. The summed E-state index contributed by atoms with van der Waals surface area (Å²) in [6.45, 7) is 3.71. The first-order chi connectivity index (χ1) is 14.3. The molecule has 1 atom stereocenters. The van der Waals surface area contributed by atoms with Crippen molar-refractivity contribution in [2.75, 3.05) is 32.7 Å². The third-order valence-electron chi connectivity index (χ3n) is 5.60. The first-order valence-corrected chi connectivity index (χ1v) is 12.5. The molecule has 3 heterocycles. The molecule has 0 unspecified atom stereocenters. The van der Waals surface area contributed by atoms with Crippen LogP contribution in [0.4, 0.5) is 4.39 Å². The lowest BCUT2D eigenvalue weighted by Crippen LogP contribution is -2.54. The lowest BCUT2D eigenvalue weighted by Gasteiger charge is -2.37. The molecule has 0 bridgehead atoms. The zero-order valence-corrected chi connectivity index (χ0v) is 18.7. The van der Waals surface area contributed by atoms with Gasteiger partial charge in [-0.3, -0.25) is 9.69 Å². The van der Waals surface area contributed by atoms with E-state index in [9.17, 15) is 17.6 Å². The second kappa shape index (κ2) is 8.92. The number of thiophene rings is 1. The van der Waals surface area contributed by atoms with Gasteiger partial charge in [-0.05, 0) is 49.2 Å². The van der Waals surface area contributed by atoms with E-state index in [1.807, 2.05) is 12.1 Å². The van der Waals surface area contributed by atoms with E-state index >= 15 is 0 Å². The molecule has 1 aromatic heterocycles. The molecule has 2 aromatic rings. The summed E-state index contributed by atoms with van der Waals surface area (Å²) in [6, 6.07) is 7.96. The molecule has 6 nitrogen and oxygen atoms in total. The molecule has 0 spiro atoms. The first kappa shape index (κ1) is 21.7. The Balaban J connectivity index is 1.40. The zero-order valence-electron chi connectivity index (χ0n) is 16.3. The zero-order chi connectivity index (χ0) is 21.3. The van der Waals surface area contributed by atoms with Gasteiger partial charge in [-0.2, -0.15) is 4.31 Å². The van der Waals surface area contributed by atoms with Crippen LogP contribution < -0.4 is 0 Å². The van der Waals surface area contributed by atoms with Crippen molar-refractivity contribution in [3.05, 3.63) is 51.4 Å². The maximum Gasteiger partial charge on any atom is 0.243 e. The Hall–Kier alpha value is -1.52. The van der Waals surface area contributed by atoms with E-state index in [0.29, 0.717) is 32.5 Å². The van der Waals surface area contributed by atoms with Crippen LogP contribution in [0, 0.1) is 5.82 Å². The van der Waals surface area contributed by atoms with Gasteiger partial charge in [-0.15, -0.1) is 11.3 Å². The summed E-state index contributed by atoms with van der Waals surface area (Å²) < 4.78 is 41.3. The summed E-state index contributed by atoms with van der Waals surface area (Å²) in [6.07, 6.45) is 1.14. The van der Waals surface area contributed by atoms with E-state index < -0.39 is 21.9 Å². The maximum absolute atomic E-state index is 13.2. The van der Waals surface area contributed by atoms with Crippen molar-refractivity contribution in [2.24, 2.45) is 0 Å². The molecule has 1 aromatic carbocycles. The minimum absolute atomic E-state index is 0.0167. The Morgan fingerprint density at radius 3 is 2.40 bits per heavy atom. The Kier molecular flexibility index (Phi) is 6.45. The number of carbonyl (C=O) groups excluding carboxylic acids is 1. The summed E-state index contributed by atoms with van der Waals surface area (Å²) in [5.74, 6) is -0.636. The Labute approximate surface area is 184 Å². The SMILES string of the molecule is O=C([C@H]1CCCN1S(=O)(=O)c1ccc(F)cc1)N1CCN(Cc2ccc(Cl)s2)CC1. The van der Waals surface area contributed by atoms with E-state index in [4.69, 9.17) is 11.6 Å². The van der Waals surface area contributed by atoms with Crippen molar-refractivity contribution in [3.8, 4) is 0 Å². The van der Waals surface area contributed by atoms with E-state index in [1.54, 1.807) is 16.2 Å². The number of carbonyl (C=O) groups is 1. The number of piperazine rings is 1. The van der Waals surface area contributed by atoms with Gasteiger partial charge < -0.3 is 4.90 Å². The molecular formula is C20H23ClFN3O3S2. The Morgan fingerprint density at radius 2 is 1.77 bits per heavy atom. The van der Waals surface area contributed by atoms with Gasteiger partial charge in [-0.25, -0.2) is 12.8 Å². The van der Waals surface area contributed by atoms with E-state index in [1.165, 1.54) is 21.3 Å². The summed E-state index contributed by atoms with van der Waals surface area (Å²) in [4.78, 5) is 18.4. The molecule has 0 radical (unpaired) electrons. The molecular weight excluding hydrogens is 449 g/mol. The van der Waals surface area contributed by atoms with Crippen LogP contribution in [0.5, 0.6) is 0 Å². The molecule has 10 heteroatoms. The summed E-state index contributed by atoms with van der Waals surface area (Å²) in [5.41, 5.74) is 0. The van der Waals surface area contributed by atoms with Crippen molar-refractivity contribution in [2.45, 2.75) is 30.3 Å². The smallest absolute Gasteiger partial charge is 0.243 e. The Bertz CT molecular complexity index is 1000. The lowest BCUT2D eigenvalue weighted by molar-refractivity contribution is -0.136. The van der Waals surface area contributed by atoms with Crippen molar-refractivity contribution < 1.29 is 17.6 Å². The molecule has 162 valence electrons. The van der Waals surface area contributed by atoms with Crippen LogP contribution in [-0.2, 0) is 21.4 Å². The van der Waals surface area contributed by atoms with Crippen molar-refractivity contribution in [3.63, 3.8) is 0 Å². The van der Waals surface area contributed by atoms with Gasteiger partial charge in [0.15, 0.2) is 0 Å². The highest BCUT2D eigenvalue weighted by Gasteiger charge is 2.41. The first-order valence-electron chi connectivity index (χ1n) is 9.87. The number of hydrogen-bond donors (Lipinski definition) is 0. The number of rotatable bonds is 5. The monoisotopic (exact) mass is 471 g/mol. The van der Waals surface area contributed by atoms with Crippen LogP contribution in [0.1, 0.15) is 17.7 Å². The average molecular weight is 472 g/mol. The third-order valence-corrected chi connectivity index (χ3v) is 8.74. The predicted octanol–water partition coefficient (Wildman–Crippen LogP) is 3.04. The van der Waals surface area contributed by atoms with Crippen LogP contribution >= 0.6 is 22.9 Å². The maximum atomic E-state index is 13.2. The fraction of sp³-hybridized carbons (Fsp3) is 0.450. The largest absolute Gasteiger partial charge is 0.339 e. The van der Waals surface area contributed by atoms with Crippen molar-refractivity contribution in [1.29, 1.82) is 0 Å². The van der Waals surface area contributed by atoms with E-state index in [-0.39, 0.29) is 10.8 Å². The second-order valence-corrected chi connectivity index (χ2v) is 11.2. The van der Waals surface area contributed by atoms with Crippen molar-refractivity contribution >= 4 is 38.9 Å². The standard InChI is InChI=1S/C20H23ClFN3O3S2/c21-19-8-5-16(29-19)14-23-10-12-24(13-11-23)20(26)18-2-1-9-25(18)30(27,28)17-6-3-15(22)4-7-17/h3-8,18H,1-2,9-14H2/t18-/m1/s1. The van der Waals surface area contributed by atoms with Crippen molar-refractivity contribution in [1.82, 2.24) is 14.1 Å². The molecule has 2 saturated heterocycles. The lowest BCUT2D eigenvalue weighted by atomic mass is 10.2. The quantitative estimate of drug-likeness (QED) is 0.672. The molecule has 2 fully saturated rings. The van der Waals surface area contributed by atoms with Gasteiger partial charge in [-0.1, -0.05) is 11.6 Å². The van der Waals surface area contributed by atoms with Gasteiger partial charge >= 0.3 is 0 Å². The summed E-state index contributed by atoms with van der Waals surface area (Å²) >= 11 is 7.55. The topological polar surface area (TPSA) is 60.9 Å². The number of sulfonamides is 1. The molecule has 0 N–H and O–H groups in total. The van der Waals surface area contributed by atoms with E-state index in [0.717, 1.165) is 36.1 Å². The van der Waals surface area contributed by atoms with Gasteiger partial charge in [0.25, 0.3) is 0 Å². The molecule has 30 heavy (non-hydrogen) atoms. The molecule has 2 aliphatic rings. The fourth-order valence-electron chi connectivity index (χ4n) is 4.01. The van der Waals surface area contributed by atoms with Crippen LogP contribution in [0.15, 0.2) is 41.3 Å². The average Bonchev–Trinajstić information content (AvgIpc) is 3.38. The van der Waals surface area contributed by atoms with Gasteiger partial charge in [0.05, 0.1) is 9.23 Å². The van der Waals surface area contributed by atoms with Crippen LogP contribution in [0.3, 0.4) is 0 Å². The Morgan fingerprint density at radius 1 is 1.07 bits per heavy atom. The summed E-state index contributed by atoms with van der Waals surface area (Å²) in [5, 5.41) is 0. The van der Waals surface area contributed by atoms with Crippen LogP contribution in [0.2, 0.25) is 4.34 Å². The minimum atomic E-state index is -3.84. The summed E-state index contributed by atoms with van der Waals surface area (Å²) in [7, 11) is -3.84. The number of benzene rings is 1. The number of hydrogen-bond acceptors (Lipinski definition) is 5. The molecule has 1 amide bonds. The molecule has 0 aliphatic carbocycles. The second-order valence-electron chi connectivity index (χ2n) is 7.53. The normalized spacial score (nSPS) is 21.3. The van der Waals surface area contributed by atoms with Crippen LogP contribution in [-0.4, -0.2) is 67.2 Å². The third kappa shape index (κ3) is 4.55. The molecule has 4 rings (SSSR count). The van der Waals surface area contributed by atoms with Gasteiger partial charge in [0, 0.05) is 44.1 Å². The predicted molar refractivity (Wildman–Crippen MR) is 114 cm³/mol. The highest BCUT2D eigenvalue weighted by molar-refractivity contribution is 7.89. The van der Waals surface area contributed by atoms with Gasteiger partial charge in [0.1, 0.15) is 11.9 Å². The number of nitrogens with zero attached hydrogens (tertiary/aromatic N) is 3. The number of amides is 1. The van der Waals surface area contributed by atoms with Crippen LogP contribution in [0.25, 0.3) is 0 Å². The number of halogens is 2. The molecule has 2 aliphatic heterocycles. The minimum Gasteiger partial charge on any atom is -0.339 e. The van der Waals surface area contributed by atoms with E-state index in [2.05, 4.69) is 4.90 Å². The van der Waals surface area contributed by atoms with Gasteiger partial charge in [0.2, 0.25) is 15.9 Å². The highest BCUT2D eigenvalue weighted by Crippen LogP contribution is 2.28. The fourth-order valence-corrected chi connectivity index (χ4v) is 6.79. The highest BCUT2D eigenvalue weighted by atomic mass is 35.5.